The molecule has 0 saturated carbocycles. The minimum atomic E-state index is -0.00671. The van der Waals surface area contributed by atoms with Crippen LogP contribution in [0.4, 0.5) is 0 Å². The number of benzene rings is 2. The van der Waals surface area contributed by atoms with Crippen LogP contribution in [0.2, 0.25) is 0 Å². The van der Waals surface area contributed by atoms with E-state index in [1.807, 2.05) is 31.2 Å². The van der Waals surface area contributed by atoms with Gasteiger partial charge in [0, 0.05) is 17.7 Å². The van der Waals surface area contributed by atoms with E-state index >= 15 is 0 Å². The van der Waals surface area contributed by atoms with Crippen molar-refractivity contribution in [3.05, 3.63) is 53.6 Å². The highest BCUT2D eigenvalue weighted by molar-refractivity contribution is 5.41. The third-order valence-electron chi connectivity index (χ3n) is 3.58. The van der Waals surface area contributed by atoms with Crippen molar-refractivity contribution in [1.82, 2.24) is 5.32 Å². The summed E-state index contributed by atoms with van der Waals surface area (Å²) in [6.45, 7) is 2.59. The molecule has 3 rings (SSSR count). The van der Waals surface area contributed by atoms with Crippen molar-refractivity contribution >= 4 is 0 Å². The average molecular weight is 271 g/mol. The van der Waals surface area contributed by atoms with E-state index in [-0.39, 0.29) is 23.6 Å². The summed E-state index contributed by atoms with van der Waals surface area (Å²) in [7, 11) is 0. The lowest BCUT2D eigenvalue weighted by molar-refractivity contribution is 0.300. The van der Waals surface area contributed by atoms with E-state index in [0.29, 0.717) is 6.61 Å². The zero-order chi connectivity index (χ0) is 14.1. The highest BCUT2D eigenvalue weighted by atomic mass is 16.5. The summed E-state index contributed by atoms with van der Waals surface area (Å²) in [5.41, 5.74) is 1.98. The van der Waals surface area contributed by atoms with Gasteiger partial charge in [-0.15, -0.1) is 0 Å². The first-order chi connectivity index (χ1) is 9.63. The minimum absolute atomic E-state index is 0.00671. The lowest BCUT2D eigenvalue weighted by Crippen LogP contribution is -2.25. The average Bonchev–Trinajstić information content (AvgIpc) is 2.81. The van der Waals surface area contributed by atoms with Crippen LogP contribution in [0.1, 0.15) is 30.1 Å². The number of para-hydroxylation sites is 1. The maximum absolute atomic E-state index is 9.55. The van der Waals surface area contributed by atoms with Crippen molar-refractivity contribution in [2.24, 2.45) is 0 Å². The molecule has 2 aromatic rings. The Morgan fingerprint density at radius 1 is 1.15 bits per heavy atom. The van der Waals surface area contributed by atoms with Gasteiger partial charge in [-0.05, 0) is 30.7 Å². The first-order valence-electron chi connectivity index (χ1n) is 6.64. The number of phenolic OH excluding ortho intramolecular Hbond substituents is 2. The van der Waals surface area contributed by atoms with Crippen molar-refractivity contribution in [3.63, 3.8) is 0 Å². The monoisotopic (exact) mass is 271 g/mol. The van der Waals surface area contributed by atoms with E-state index in [4.69, 9.17) is 4.74 Å². The van der Waals surface area contributed by atoms with Crippen LogP contribution >= 0.6 is 0 Å². The number of rotatable bonds is 3. The van der Waals surface area contributed by atoms with Crippen LogP contribution in [-0.2, 0) is 0 Å². The van der Waals surface area contributed by atoms with E-state index in [0.717, 1.165) is 16.9 Å². The smallest absolute Gasteiger partial charge is 0.124 e. The van der Waals surface area contributed by atoms with Gasteiger partial charge in [0.2, 0.25) is 0 Å². The molecule has 0 saturated heterocycles. The fourth-order valence-corrected chi connectivity index (χ4v) is 2.57. The Labute approximate surface area is 117 Å². The predicted octanol–water partition coefficient (Wildman–Crippen LogP) is 2.88. The molecule has 104 valence electrons. The van der Waals surface area contributed by atoms with Crippen molar-refractivity contribution in [2.45, 2.75) is 19.0 Å². The van der Waals surface area contributed by atoms with Crippen LogP contribution in [-0.4, -0.2) is 16.8 Å². The fraction of sp³-hybridized carbons (Fsp3) is 0.250. The molecule has 0 bridgehead atoms. The number of fused-ring (bicyclic) bond motifs is 1. The summed E-state index contributed by atoms with van der Waals surface area (Å²) in [5.74, 6) is 1.05. The highest BCUT2D eigenvalue weighted by Gasteiger charge is 2.25. The molecule has 4 nitrogen and oxygen atoms in total. The van der Waals surface area contributed by atoms with E-state index in [1.165, 1.54) is 6.07 Å². The second-order valence-electron chi connectivity index (χ2n) is 5.07. The van der Waals surface area contributed by atoms with Crippen LogP contribution < -0.4 is 10.1 Å². The van der Waals surface area contributed by atoms with Crippen molar-refractivity contribution < 1.29 is 14.9 Å². The molecule has 3 N–H and O–H groups in total. The molecule has 0 aromatic heterocycles. The van der Waals surface area contributed by atoms with Gasteiger partial charge >= 0.3 is 0 Å². The van der Waals surface area contributed by atoms with Gasteiger partial charge in [-0.1, -0.05) is 18.2 Å². The standard InChI is InChI=1S/C16H17NO3/c1-10(11-6-12(18)8-13(19)7-11)17-15-9-20-16-5-3-2-4-14(15)16/h2-8,10,15,17-19H,9H2,1H3. The highest BCUT2D eigenvalue weighted by Crippen LogP contribution is 2.34. The van der Waals surface area contributed by atoms with Crippen LogP contribution in [0.3, 0.4) is 0 Å². The second-order valence-corrected chi connectivity index (χ2v) is 5.07. The Balaban J connectivity index is 1.78. The number of hydrogen-bond acceptors (Lipinski definition) is 4. The van der Waals surface area contributed by atoms with Gasteiger partial charge in [-0.3, -0.25) is 0 Å². The van der Waals surface area contributed by atoms with E-state index in [2.05, 4.69) is 5.32 Å². The number of ether oxygens (including phenoxy) is 1. The van der Waals surface area contributed by atoms with Gasteiger partial charge in [-0.25, -0.2) is 0 Å². The van der Waals surface area contributed by atoms with Gasteiger partial charge in [-0.2, -0.15) is 0 Å². The van der Waals surface area contributed by atoms with Gasteiger partial charge in [0.25, 0.3) is 0 Å². The van der Waals surface area contributed by atoms with Crippen LogP contribution in [0.25, 0.3) is 0 Å². The molecule has 20 heavy (non-hydrogen) atoms. The Bertz CT molecular complexity index is 607. The summed E-state index contributed by atoms with van der Waals surface area (Å²) in [4.78, 5) is 0. The number of nitrogens with one attached hydrogen (secondary N) is 1. The van der Waals surface area contributed by atoms with Crippen LogP contribution in [0.5, 0.6) is 17.2 Å². The van der Waals surface area contributed by atoms with Gasteiger partial charge in [0.15, 0.2) is 0 Å². The number of aromatic hydroxyl groups is 2. The third-order valence-corrected chi connectivity index (χ3v) is 3.58. The second kappa shape index (κ2) is 5.06. The molecule has 0 aliphatic carbocycles. The first-order valence-corrected chi connectivity index (χ1v) is 6.64. The number of hydrogen-bond donors (Lipinski definition) is 3. The molecular formula is C16H17NO3. The normalized spacial score (nSPS) is 18.4. The van der Waals surface area contributed by atoms with E-state index < -0.39 is 0 Å². The van der Waals surface area contributed by atoms with Crippen LogP contribution in [0.15, 0.2) is 42.5 Å². The Morgan fingerprint density at radius 3 is 2.60 bits per heavy atom. The molecule has 1 heterocycles. The molecule has 0 amide bonds. The topological polar surface area (TPSA) is 61.7 Å². The SMILES string of the molecule is CC(NC1COc2ccccc21)c1cc(O)cc(O)c1. The van der Waals surface area contributed by atoms with Crippen LogP contribution in [0, 0.1) is 0 Å². The molecule has 2 aromatic carbocycles. The largest absolute Gasteiger partial charge is 0.508 e. The third kappa shape index (κ3) is 2.42. The van der Waals surface area contributed by atoms with Gasteiger partial charge in [0.05, 0.1) is 6.04 Å². The summed E-state index contributed by atoms with van der Waals surface area (Å²) in [5, 5.41) is 22.6. The zero-order valence-corrected chi connectivity index (χ0v) is 11.2. The summed E-state index contributed by atoms with van der Waals surface area (Å²) < 4.78 is 5.63. The Kier molecular flexibility index (Phi) is 3.24. The van der Waals surface area contributed by atoms with Gasteiger partial charge < -0.3 is 20.3 Å². The molecule has 0 radical (unpaired) electrons. The first kappa shape index (κ1) is 12.8. The maximum atomic E-state index is 9.55. The molecule has 2 atom stereocenters. The van der Waals surface area contributed by atoms with Crippen molar-refractivity contribution in [2.75, 3.05) is 6.61 Å². The van der Waals surface area contributed by atoms with E-state index in [1.54, 1.807) is 12.1 Å². The molecule has 1 aliphatic heterocycles. The predicted molar refractivity (Wildman–Crippen MR) is 76.0 cm³/mol. The molecule has 0 fully saturated rings. The molecule has 2 unspecified atom stereocenters. The summed E-state index contributed by atoms with van der Waals surface area (Å²) in [6, 6.07) is 12.7. The molecule has 4 heteroatoms. The molecule has 1 aliphatic rings. The summed E-state index contributed by atoms with van der Waals surface area (Å²) in [6.07, 6.45) is 0. The van der Waals surface area contributed by atoms with Gasteiger partial charge in [0.1, 0.15) is 23.9 Å². The van der Waals surface area contributed by atoms with E-state index in [9.17, 15) is 10.2 Å². The molecule has 0 spiro atoms. The lowest BCUT2D eigenvalue weighted by Gasteiger charge is -2.19. The Morgan fingerprint density at radius 2 is 1.85 bits per heavy atom. The lowest BCUT2D eigenvalue weighted by atomic mass is 10.0. The van der Waals surface area contributed by atoms with Crippen molar-refractivity contribution in [3.8, 4) is 17.2 Å². The Hall–Kier alpha value is -2.20. The van der Waals surface area contributed by atoms with Crippen molar-refractivity contribution in [1.29, 1.82) is 0 Å². The fourth-order valence-electron chi connectivity index (χ4n) is 2.57. The maximum Gasteiger partial charge on any atom is 0.124 e. The zero-order valence-electron chi connectivity index (χ0n) is 11.2. The molecular weight excluding hydrogens is 254 g/mol. The quantitative estimate of drug-likeness (QED) is 0.803. The summed E-state index contributed by atoms with van der Waals surface area (Å²) >= 11 is 0. The number of phenols is 2. The minimum Gasteiger partial charge on any atom is -0.508 e.